The van der Waals surface area contributed by atoms with Gasteiger partial charge in [-0.25, -0.2) is 0 Å². The molecule has 0 aliphatic rings. The van der Waals surface area contributed by atoms with E-state index < -0.39 is 23.7 Å². The Balaban J connectivity index is 2.59. The number of carboxylic acid groups (broad SMARTS) is 1. The molecule has 0 saturated heterocycles. The highest BCUT2D eigenvalue weighted by Gasteiger charge is 2.30. The summed E-state index contributed by atoms with van der Waals surface area (Å²) in [6.45, 7) is 0. The van der Waals surface area contributed by atoms with Gasteiger partial charge in [0.2, 0.25) is 0 Å². The van der Waals surface area contributed by atoms with Gasteiger partial charge in [0.25, 0.3) is 0 Å². The maximum atomic E-state index is 12.2. The fourth-order valence-electron chi connectivity index (χ4n) is 1.10. The number of aliphatic carboxylic acids is 1. The molecule has 18 heavy (non-hydrogen) atoms. The van der Waals surface area contributed by atoms with Crippen LogP contribution in [0.25, 0.3) is 0 Å². The molecule has 98 valence electrons. The number of esters is 1. The van der Waals surface area contributed by atoms with E-state index in [9.17, 15) is 22.8 Å². The van der Waals surface area contributed by atoms with E-state index in [1.165, 1.54) is 0 Å². The summed E-state index contributed by atoms with van der Waals surface area (Å²) in [5.74, 6) is -2.02. The molecule has 1 aromatic rings. The maximum absolute atomic E-state index is 12.2. The van der Waals surface area contributed by atoms with E-state index in [0.29, 0.717) is 0 Å². The zero-order valence-electron chi connectivity index (χ0n) is 9.03. The Morgan fingerprint density at radius 3 is 2.11 bits per heavy atom. The van der Waals surface area contributed by atoms with Gasteiger partial charge in [0.15, 0.2) is 0 Å². The van der Waals surface area contributed by atoms with Crippen LogP contribution >= 0.6 is 0 Å². The zero-order valence-corrected chi connectivity index (χ0v) is 9.03. The van der Waals surface area contributed by atoms with Crippen LogP contribution in [-0.2, 0) is 15.8 Å². The molecule has 7 heteroatoms. The fourth-order valence-corrected chi connectivity index (χ4v) is 1.10. The van der Waals surface area contributed by atoms with Crippen LogP contribution in [0, 0.1) is 0 Å². The van der Waals surface area contributed by atoms with Gasteiger partial charge in [-0.15, -0.1) is 0 Å². The third-order valence-electron chi connectivity index (χ3n) is 1.96. The van der Waals surface area contributed by atoms with Crippen molar-refractivity contribution in [3.05, 3.63) is 29.8 Å². The average molecular weight is 262 g/mol. The standard InChI is InChI=1S/C11H9F3O4/c12-11(13,14)7-1-3-8(4-2-7)18-10(17)6-5-9(15)16/h1-4H,5-6H2,(H,15,16). The smallest absolute Gasteiger partial charge is 0.416 e. The largest absolute Gasteiger partial charge is 0.481 e. The lowest BCUT2D eigenvalue weighted by Crippen LogP contribution is -2.10. The van der Waals surface area contributed by atoms with E-state index in [2.05, 4.69) is 4.74 Å². The number of carbonyl (C=O) groups excluding carboxylic acids is 1. The topological polar surface area (TPSA) is 63.6 Å². The Kier molecular flexibility index (Phi) is 4.30. The predicted molar refractivity (Wildman–Crippen MR) is 53.9 cm³/mol. The zero-order chi connectivity index (χ0) is 13.8. The lowest BCUT2D eigenvalue weighted by atomic mass is 10.2. The minimum atomic E-state index is -4.45. The quantitative estimate of drug-likeness (QED) is 0.668. The second-order valence-electron chi connectivity index (χ2n) is 3.39. The summed E-state index contributed by atoms with van der Waals surface area (Å²) in [5, 5.41) is 8.32. The lowest BCUT2D eigenvalue weighted by Gasteiger charge is -2.07. The number of alkyl halides is 3. The molecule has 1 aromatic carbocycles. The Morgan fingerprint density at radius 2 is 1.67 bits per heavy atom. The summed E-state index contributed by atoms with van der Waals surface area (Å²) < 4.78 is 41.3. The van der Waals surface area contributed by atoms with Crippen LogP contribution < -0.4 is 4.74 Å². The summed E-state index contributed by atoms with van der Waals surface area (Å²) in [7, 11) is 0. The molecule has 0 saturated carbocycles. The van der Waals surface area contributed by atoms with Crippen LogP contribution in [0.4, 0.5) is 13.2 Å². The number of carboxylic acids is 1. The monoisotopic (exact) mass is 262 g/mol. The van der Waals surface area contributed by atoms with E-state index in [0.717, 1.165) is 24.3 Å². The molecule has 0 aromatic heterocycles. The van der Waals surface area contributed by atoms with E-state index >= 15 is 0 Å². The SMILES string of the molecule is O=C(O)CCC(=O)Oc1ccc(C(F)(F)F)cc1. The molecule has 4 nitrogen and oxygen atoms in total. The average Bonchev–Trinajstić information content (AvgIpc) is 2.26. The van der Waals surface area contributed by atoms with Crippen molar-refractivity contribution in [2.45, 2.75) is 19.0 Å². The van der Waals surface area contributed by atoms with Crippen LogP contribution in [-0.4, -0.2) is 17.0 Å². The second-order valence-corrected chi connectivity index (χ2v) is 3.39. The van der Waals surface area contributed by atoms with E-state index in [-0.39, 0.29) is 18.6 Å². The first-order chi connectivity index (χ1) is 8.29. The highest BCUT2D eigenvalue weighted by molar-refractivity contribution is 5.78. The predicted octanol–water partition coefficient (Wildman–Crippen LogP) is 2.48. The van der Waals surface area contributed by atoms with Crippen molar-refractivity contribution in [1.82, 2.24) is 0 Å². The highest BCUT2D eigenvalue weighted by atomic mass is 19.4. The number of halogens is 3. The Labute approximate surface area is 100.0 Å². The summed E-state index contributed by atoms with van der Waals surface area (Å²) in [6, 6.07) is 3.56. The number of benzene rings is 1. The molecule has 1 rings (SSSR count). The lowest BCUT2D eigenvalue weighted by molar-refractivity contribution is -0.142. The van der Waals surface area contributed by atoms with Gasteiger partial charge < -0.3 is 9.84 Å². The number of ether oxygens (including phenoxy) is 1. The Morgan fingerprint density at radius 1 is 1.11 bits per heavy atom. The van der Waals surface area contributed by atoms with Crippen LogP contribution in [0.2, 0.25) is 0 Å². The number of rotatable bonds is 4. The van der Waals surface area contributed by atoms with Gasteiger partial charge in [0.05, 0.1) is 18.4 Å². The number of carbonyl (C=O) groups is 2. The van der Waals surface area contributed by atoms with Gasteiger partial charge in [-0.3, -0.25) is 9.59 Å². The van der Waals surface area contributed by atoms with Gasteiger partial charge >= 0.3 is 18.1 Å². The van der Waals surface area contributed by atoms with Crippen molar-refractivity contribution in [2.75, 3.05) is 0 Å². The van der Waals surface area contributed by atoms with Crippen LogP contribution in [0.3, 0.4) is 0 Å². The van der Waals surface area contributed by atoms with Gasteiger partial charge in [-0.2, -0.15) is 13.2 Å². The van der Waals surface area contributed by atoms with E-state index in [1.54, 1.807) is 0 Å². The molecule has 0 unspecified atom stereocenters. The van der Waals surface area contributed by atoms with Crippen molar-refractivity contribution in [1.29, 1.82) is 0 Å². The summed E-state index contributed by atoms with van der Waals surface area (Å²) in [5.41, 5.74) is -0.854. The molecule has 0 bridgehead atoms. The summed E-state index contributed by atoms with van der Waals surface area (Å²) in [6.07, 6.45) is -5.18. The first kappa shape index (κ1) is 14.0. The minimum Gasteiger partial charge on any atom is -0.481 e. The molecule has 0 aliphatic heterocycles. The highest BCUT2D eigenvalue weighted by Crippen LogP contribution is 2.30. The molecule has 0 radical (unpaired) electrons. The minimum absolute atomic E-state index is 0.0570. The third kappa shape index (κ3) is 4.44. The van der Waals surface area contributed by atoms with Crippen molar-refractivity contribution in [3.63, 3.8) is 0 Å². The first-order valence-electron chi connectivity index (χ1n) is 4.89. The second kappa shape index (κ2) is 5.52. The molecule has 0 atom stereocenters. The van der Waals surface area contributed by atoms with E-state index in [4.69, 9.17) is 5.11 Å². The molecule has 0 heterocycles. The number of hydrogen-bond donors (Lipinski definition) is 1. The summed E-state index contributed by atoms with van der Waals surface area (Å²) in [4.78, 5) is 21.3. The van der Waals surface area contributed by atoms with Gasteiger partial charge in [-0.1, -0.05) is 0 Å². The molecular formula is C11H9F3O4. The molecule has 0 aliphatic carbocycles. The third-order valence-corrected chi connectivity index (χ3v) is 1.96. The Bertz CT molecular complexity index is 437. The van der Waals surface area contributed by atoms with Crippen molar-refractivity contribution in [2.24, 2.45) is 0 Å². The molecule has 1 N–H and O–H groups in total. The molecular weight excluding hydrogens is 253 g/mol. The molecule has 0 spiro atoms. The Hall–Kier alpha value is -2.05. The van der Waals surface area contributed by atoms with Gasteiger partial charge in [0, 0.05) is 0 Å². The van der Waals surface area contributed by atoms with Crippen LogP contribution in [0.15, 0.2) is 24.3 Å². The first-order valence-corrected chi connectivity index (χ1v) is 4.89. The molecule has 0 fully saturated rings. The summed E-state index contributed by atoms with van der Waals surface area (Å²) >= 11 is 0. The van der Waals surface area contributed by atoms with Crippen LogP contribution in [0.1, 0.15) is 18.4 Å². The molecule has 0 amide bonds. The normalized spacial score (nSPS) is 11.1. The fraction of sp³-hybridized carbons (Fsp3) is 0.273. The van der Waals surface area contributed by atoms with Crippen molar-refractivity contribution >= 4 is 11.9 Å². The maximum Gasteiger partial charge on any atom is 0.416 e. The van der Waals surface area contributed by atoms with E-state index in [1.807, 2.05) is 0 Å². The van der Waals surface area contributed by atoms with Crippen LogP contribution in [0.5, 0.6) is 5.75 Å². The van der Waals surface area contributed by atoms with Gasteiger partial charge in [-0.05, 0) is 24.3 Å². The van der Waals surface area contributed by atoms with Gasteiger partial charge in [0.1, 0.15) is 5.75 Å². The number of hydrogen-bond acceptors (Lipinski definition) is 3. The van der Waals surface area contributed by atoms with Crippen molar-refractivity contribution < 1.29 is 32.6 Å². The van der Waals surface area contributed by atoms with Crippen molar-refractivity contribution in [3.8, 4) is 5.75 Å².